The number of nitrogens with one attached hydrogen (secondary N) is 1. The summed E-state index contributed by atoms with van der Waals surface area (Å²) in [5.41, 5.74) is 4.95. The number of hydrogen-bond donors (Lipinski definition) is 2. The fourth-order valence-corrected chi connectivity index (χ4v) is 2.15. The Hall–Kier alpha value is -0.680. The van der Waals surface area contributed by atoms with Gasteiger partial charge in [0, 0.05) is 18.4 Å². The lowest BCUT2D eigenvalue weighted by Gasteiger charge is -2.07. The molecule has 5 heteroatoms. The minimum atomic E-state index is 0.625. The summed E-state index contributed by atoms with van der Waals surface area (Å²) in [6, 6.07) is 0. The van der Waals surface area contributed by atoms with Gasteiger partial charge in [0.25, 0.3) is 0 Å². The molecule has 0 saturated carbocycles. The van der Waals surface area contributed by atoms with Gasteiger partial charge in [-0.15, -0.1) is 0 Å². The average Bonchev–Trinajstić information content (AvgIpc) is 2.36. The predicted molar refractivity (Wildman–Crippen MR) is 62.2 cm³/mol. The van der Waals surface area contributed by atoms with Gasteiger partial charge in [-0.1, -0.05) is 13.8 Å². The van der Waals surface area contributed by atoms with E-state index in [9.17, 15) is 0 Å². The maximum absolute atomic E-state index is 5.45. The second-order valence-electron chi connectivity index (χ2n) is 3.54. The van der Waals surface area contributed by atoms with Crippen molar-refractivity contribution in [2.75, 3.05) is 5.43 Å². The SMILES string of the molecule is Cc1nn(C)c(NN)c1CSC(C)C. The minimum absolute atomic E-state index is 0.625. The first-order valence-electron chi connectivity index (χ1n) is 4.67. The van der Waals surface area contributed by atoms with Gasteiger partial charge in [-0.3, -0.25) is 4.68 Å². The molecule has 1 rings (SSSR count). The molecule has 0 unspecified atom stereocenters. The van der Waals surface area contributed by atoms with Crippen molar-refractivity contribution in [3.63, 3.8) is 0 Å². The third-order valence-electron chi connectivity index (χ3n) is 2.04. The highest BCUT2D eigenvalue weighted by atomic mass is 32.2. The molecular weight excluding hydrogens is 196 g/mol. The number of anilines is 1. The smallest absolute Gasteiger partial charge is 0.142 e. The number of nitrogens with zero attached hydrogens (tertiary/aromatic N) is 2. The fourth-order valence-electron chi connectivity index (χ4n) is 1.31. The van der Waals surface area contributed by atoms with Crippen LogP contribution in [-0.4, -0.2) is 15.0 Å². The first-order chi connectivity index (χ1) is 6.56. The van der Waals surface area contributed by atoms with Gasteiger partial charge in [0.1, 0.15) is 5.82 Å². The van der Waals surface area contributed by atoms with Crippen molar-refractivity contribution in [2.45, 2.75) is 31.8 Å². The Morgan fingerprint density at radius 2 is 2.21 bits per heavy atom. The van der Waals surface area contributed by atoms with Crippen LogP contribution >= 0.6 is 11.8 Å². The molecule has 0 bridgehead atoms. The van der Waals surface area contributed by atoms with Crippen LogP contribution in [-0.2, 0) is 12.8 Å². The molecule has 0 atom stereocenters. The zero-order valence-corrected chi connectivity index (χ0v) is 9.98. The van der Waals surface area contributed by atoms with E-state index in [-0.39, 0.29) is 0 Å². The highest BCUT2D eigenvalue weighted by Crippen LogP contribution is 2.25. The highest BCUT2D eigenvalue weighted by molar-refractivity contribution is 7.99. The van der Waals surface area contributed by atoms with Crippen LogP contribution in [0.4, 0.5) is 5.82 Å². The maximum Gasteiger partial charge on any atom is 0.142 e. The predicted octanol–water partition coefficient (Wildman–Crippen LogP) is 1.66. The zero-order chi connectivity index (χ0) is 10.7. The number of nitrogens with two attached hydrogens (primary N) is 1. The Morgan fingerprint density at radius 1 is 1.57 bits per heavy atom. The number of hydrogen-bond acceptors (Lipinski definition) is 4. The lowest BCUT2D eigenvalue weighted by molar-refractivity contribution is 0.760. The lowest BCUT2D eigenvalue weighted by Crippen LogP contribution is -2.12. The minimum Gasteiger partial charge on any atom is -0.308 e. The van der Waals surface area contributed by atoms with Crippen molar-refractivity contribution < 1.29 is 0 Å². The van der Waals surface area contributed by atoms with Crippen molar-refractivity contribution in [3.8, 4) is 0 Å². The molecule has 0 radical (unpaired) electrons. The number of nitrogen functional groups attached to an aromatic ring is 1. The van der Waals surface area contributed by atoms with E-state index in [4.69, 9.17) is 5.84 Å². The number of aromatic nitrogens is 2. The summed E-state index contributed by atoms with van der Waals surface area (Å²) in [6.45, 7) is 6.38. The third kappa shape index (κ3) is 2.42. The Morgan fingerprint density at radius 3 is 2.71 bits per heavy atom. The third-order valence-corrected chi connectivity index (χ3v) is 3.17. The van der Waals surface area contributed by atoms with Crippen LogP contribution in [0.5, 0.6) is 0 Å². The Kier molecular flexibility index (Phi) is 3.83. The molecule has 4 nitrogen and oxygen atoms in total. The van der Waals surface area contributed by atoms with Gasteiger partial charge >= 0.3 is 0 Å². The van der Waals surface area contributed by atoms with Gasteiger partial charge in [-0.25, -0.2) is 5.84 Å². The fraction of sp³-hybridized carbons (Fsp3) is 0.667. The summed E-state index contributed by atoms with van der Waals surface area (Å²) < 4.78 is 1.78. The number of rotatable bonds is 4. The summed E-state index contributed by atoms with van der Waals surface area (Å²) in [5, 5.41) is 4.95. The van der Waals surface area contributed by atoms with E-state index in [2.05, 4.69) is 24.4 Å². The number of hydrazine groups is 1. The Bertz CT molecular complexity index is 306. The molecule has 0 amide bonds. The van der Waals surface area contributed by atoms with Crippen molar-refractivity contribution in [2.24, 2.45) is 12.9 Å². The Labute approximate surface area is 89.2 Å². The van der Waals surface area contributed by atoms with Gasteiger partial charge in [-0.05, 0) is 12.2 Å². The van der Waals surface area contributed by atoms with Crippen molar-refractivity contribution in [1.82, 2.24) is 9.78 Å². The lowest BCUT2D eigenvalue weighted by atomic mass is 10.3. The second-order valence-corrected chi connectivity index (χ2v) is 5.11. The highest BCUT2D eigenvalue weighted by Gasteiger charge is 2.12. The molecule has 0 fully saturated rings. The van der Waals surface area contributed by atoms with E-state index < -0.39 is 0 Å². The molecule has 80 valence electrons. The molecule has 0 aromatic carbocycles. The molecule has 0 aliphatic rings. The van der Waals surface area contributed by atoms with E-state index in [0.29, 0.717) is 5.25 Å². The molecule has 1 heterocycles. The van der Waals surface area contributed by atoms with Crippen LogP contribution in [0.3, 0.4) is 0 Å². The van der Waals surface area contributed by atoms with Crippen LogP contribution in [0, 0.1) is 6.92 Å². The molecular formula is C9H18N4S. The average molecular weight is 214 g/mol. The van der Waals surface area contributed by atoms with E-state index in [0.717, 1.165) is 17.3 Å². The maximum atomic E-state index is 5.45. The van der Waals surface area contributed by atoms with Crippen LogP contribution in [0.15, 0.2) is 0 Å². The quantitative estimate of drug-likeness (QED) is 0.591. The molecule has 0 aliphatic carbocycles. The van der Waals surface area contributed by atoms with Gasteiger partial charge in [0.2, 0.25) is 0 Å². The van der Waals surface area contributed by atoms with Gasteiger partial charge in [-0.2, -0.15) is 16.9 Å². The monoisotopic (exact) mass is 214 g/mol. The van der Waals surface area contributed by atoms with Crippen LogP contribution < -0.4 is 11.3 Å². The summed E-state index contributed by atoms with van der Waals surface area (Å²) >= 11 is 1.89. The molecule has 0 spiro atoms. The first kappa shape index (κ1) is 11.4. The van der Waals surface area contributed by atoms with Crippen LogP contribution in [0.2, 0.25) is 0 Å². The van der Waals surface area contributed by atoms with Crippen molar-refractivity contribution >= 4 is 17.6 Å². The van der Waals surface area contributed by atoms with Gasteiger partial charge in [0.05, 0.1) is 5.69 Å². The summed E-state index contributed by atoms with van der Waals surface area (Å²) in [5.74, 6) is 7.32. The molecule has 1 aromatic rings. The van der Waals surface area contributed by atoms with Gasteiger partial charge in [0.15, 0.2) is 0 Å². The van der Waals surface area contributed by atoms with E-state index in [1.807, 2.05) is 25.7 Å². The molecule has 3 N–H and O–H groups in total. The number of thioether (sulfide) groups is 1. The van der Waals surface area contributed by atoms with Gasteiger partial charge < -0.3 is 5.43 Å². The summed E-state index contributed by atoms with van der Waals surface area (Å²) in [7, 11) is 1.89. The van der Waals surface area contributed by atoms with E-state index in [1.165, 1.54) is 5.56 Å². The first-order valence-corrected chi connectivity index (χ1v) is 5.71. The van der Waals surface area contributed by atoms with Crippen molar-refractivity contribution in [3.05, 3.63) is 11.3 Å². The Balaban J connectivity index is 2.83. The molecule has 0 aliphatic heterocycles. The van der Waals surface area contributed by atoms with Crippen LogP contribution in [0.25, 0.3) is 0 Å². The largest absolute Gasteiger partial charge is 0.308 e. The summed E-state index contributed by atoms with van der Waals surface area (Å²) in [4.78, 5) is 0. The topological polar surface area (TPSA) is 55.9 Å². The normalized spacial score (nSPS) is 11.0. The zero-order valence-electron chi connectivity index (χ0n) is 9.16. The standard InChI is InChI=1S/C9H18N4S/c1-6(2)14-5-8-7(3)12-13(4)9(8)11-10/h6,11H,5,10H2,1-4H3. The van der Waals surface area contributed by atoms with E-state index in [1.54, 1.807) is 4.68 Å². The van der Waals surface area contributed by atoms with Crippen molar-refractivity contribution in [1.29, 1.82) is 0 Å². The summed E-state index contributed by atoms with van der Waals surface area (Å²) in [6.07, 6.45) is 0. The number of aryl methyl sites for hydroxylation is 2. The van der Waals surface area contributed by atoms with Crippen LogP contribution in [0.1, 0.15) is 25.1 Å². The second kappa shape index (κ2) is 4.70. The molecule has 0 saturated heterocycles. The molecule has 1 aromatic heterocycles. The van der Waals surface area contributed by atoms with E-state index >= 15 is 0 Å². The molecule has 14 heavy (non-hydrogen) atoms.